The van der Waals surface area contributed by atoms with E-state index in [0.717, 1.165) is 0 Å². The van der Waals surface area contributed by atoms with E-state index in [1.807, 2.05) is 30.3 Å². The van der Waals surface area contributed by atoms with Gasteiger partial charge in [-0.25, -0.2) is 4.98 Å². The quantitative estimate of drug-likeness (QED) is 0.689. The Labute approximate surface area is 156 Å². The zero-order valence-electron chi connectivity index (χ0n) is 14.8. The monoisotopic (exact) mass is 366 g/mol. The first-order chi connectivity index (χ1) is 13.1. The maximum absolute atomic E-state index is 12.4. The average Bonchev–Trinajstić information content (AvgIpc) is 2.69. The highest BCUT2D eigenvalue weighted by molar-refractivity contribution is 6.05. The van der Waals surface area contributed by atoms with E-state index >= 15 is 0 Å². The number of methoxy groups -OCH3 is 2. The number of hydrogen-bond donors (Lipinski definition) is 2. The smallest absolute Gasteiger partial charge is 0.278 e. The van der Waals surface area contributed by atoms with Crippen LogP contribution in [0.1, 0.15) is 10.5 Å². The molecule has 2 N–H and O–H groups in total. The van der Waals surface area contributed by atoms with Crippen molar-refractivity contribution in [1.29, 1.82) is 0 Å². The number of anilines is 1. The summed E-state index contributed by atoms with van der Waals surface area (Å²) in [7, 11) is 2.78. The molecule has 0 radical (unpaired) electrons. The highest BCUT2D eigenvalue weighted by Gasteiger charge is 2.21. The molecular formula is C20H18N2O5. The van der Waals surface area contributed by atoms with E-state index in [0.29, 0.717) is 17.2 Å². The molecule has 0 aliphatic heterocycles. The number of ether oxygens (including phenoxy) is 3. The van der Waals surface area contributed by atoms with Crippen LogP contribution in [0.3, 0.4) is 0 Å². The van der Waals surface area contributed by atoms with Crippen molar-refractivity contribution in [2.75, 3.05) is 19.5 Å². The Hall–Kier alpha value is -3.74. The van der Waals surface area contributed by atoms with E-state index in [1.165, 1.54) is 20.4 Å². The van der Waals surface area contributed by atoms with Crippen molar-refractivity contribution in [3.05, 3.63) is 66.5 Å². The Bertz CT molecular complexity index is 927. The Morgan fingerprint density at radius 1 is 0.963 bits per heavy atom. The second kappa shape index (κ2) is 8.09. The number of carbonyl (C=O) groups is 1. The van der Waals surface area contributed by atoms with Crippen molar-refractivity contribution in [2.24, 2.45) is 0 Å². The minimum Gasteiger partial charge on any atom is -0.503 e. The Morgan fingerprint density at radius 2 is 1.63 bits per heavy atom. The molecule has 0 atom stereocenters. The topological polar surface area (TPSA) is 89.9 Å². The summed E-state index contributed by atoms with van der Waals surface area (Å²) in [6.45, 7) is 0. The van der Waals surface area contributed by atoms with Gasteiger partial charge in [0.05, 0.1) is 20.4 Å². The van der Waals surface area contributed by atoms with Crippen molar-refractivity contribution in [3.63, 3.8) is 0 Å². The number of pyridine rings is 1. The van der Waals surface area contributed by atoms with Gasteiger partial charge < -0.3 is 24.6 Å². The third kappa shape index (κ3) is 4.09. The van der Waals surface area contributed by atoms with Crippen LogP contribution in [0, 0.1) is 0 Å². The van der Waals surface area contributed by atoms with Crippen molar-refractivity contribution in [3.8, 4) is 28.7 Å². The van der Waals surface area contributed by atoms with E-state index in [4.69, 9.17) is 14.2 Å². The van der Waals surface area contributed by atoms with Crippen LogP contribution in [0.4, 0.5) is 5.69 Å². The lowest BCUT2D eigenvalue weighted by atomic mass is 10.2. The van der Waals surface area contributed by atoms with Crippen LogP contribution >= 0.6 is 0 Å². The summed E-state index contributed by atoms with van der Waals surface area (Å²) >= 11 is 0. The number of aromatic hydroxyl groups is 1. The summed E-state index contributed by atoms with van der Waals surface area (Å²) < 4.78 is 15.8. The van der Waals surface area contributed by atoms with Crippen molar-refractivity contribution < 1.29 is 24.1 Å². The molecule has 1 heterocycles. The van der Waals surface area contributed by atoms with Gasteiger partial charge in [0.25, 0.3) is 5.91 Å². The lowest BCUT2D eigenvalue weighted by Crippen LogP contribution is -2.14. The maximum Gasteiger partial charge on any atom is 0.278 e. The van der Waals surface area contributed by atoms with Gasteiger partial charge in [-0.15, -0.1) is 0 Å². The molecule has 1 aromatic heterocycles. The van der Waals surface area contributed by atoms with Gasteiger partial charge in [0.15, 0.2) is 17.2 Å². The summed E-state index contributed by atoms with van der Waals surface area (Å²) in [6, 6.07) is 16.2. The fraction of sp³-hybridized carbons (Fsp3) is 0.100. The number of rotatable bonds is 6. The first-order valence-electron chi connectivity index (χ1n) is 8.06. The predicted octanol–water partition coefficient (Wildman–Crippen LogP) is 3.85. The second-order valence-corrected chi connectivity index (χ2v) is 5.45. The first-order valence-corrected chi connectivity index (χ1v) is 8.06. The summed E-state index contributed by atoms with van der Waals surface area (Å²) in [5.74, 6) is 0.654. The van der Waals surface area contributed by atoms with Crippen LogP contribution in [0.5, 0.6) is 28.7 Å². The van der Waals surface area contributed by atoms with Crippen molar-refractivity contribution >= 4 is 11.6 Å². The highest BCUT2D eigenvalue weighted by Crippen LogP contribution is 2.37. The van der Waals surface area contributed by atoms with E-state index in [1.54, 1.807) is 24.3 Å². The molecule has 3 rings (SSSR count). The van der Waals surface area contributed by atoms with Gasteiger partial charge >= 0.3 is 0 Å². The molecule has 0 bridgehead atoms. The van der Waals surface area contributed by atoms with Gasteiger partial charge in [-0.05, 0) is 36.4 Å². The lowest BCUT2D eigenvalue weighted by Gasteiger charge is -2.12. The maximum atomic E-state index is 12.4. The number of benzene rings is 2. The third-order valence-electron chi connectivity index (χ3n) is 3.70. The molecule has 7 nitrogen and oxygen atoms in total. The van der Waals surface area contributed by atoms with Gasteiger partial charge in [-0.2, -0.15) is 0 Å². The van der Waals surface area contributed by atoms with Crippen LogP contribution in [-0.2, 0) is 0 Å². The second-order valence-electron chi connectivity index (χ2n) is 5.45. The molecule has 27 heavy (non-hydrogen) atoms. The molecule has 0 aliphatic rings. The Morgan fingerprint density at radius 3 is 2.26 bits per heavy atom. The molecule has 3 aromatic rings. The third-order valence-corrected chi connectivity index (χ3v) is 3.70. The molecular weight excluding hydrogens is 348 g/mol. The zero-order valence-corrected chi connectivity index (χ0v) is 14.8. The van der Waals surface area contributed by atoms with Crippen LogP contribution < -0.4 is 19.5 Å². The van der Waals surface area contributed by atoms with Crippen LogP contribution in [0.15, 0.2) is 60.8 Å². The van der Waals surface area contributed by atoms with Crippen LogP contribution in [0.25, 0.3) is 0 Å². The van der Waals surface area contributed by atoms with E-state index < -0.39 is 11.7 Å². The Kier molecular flexibility index (Phi) is 5.41. The minimum absolute atomic E-state index is 0.0456. The molecule has 0 saturated carbocycles. The molecule has 0 aliphatic carbocycles. The number of nitrogens with one attached hydrogen (secondary N) is 1. The molecule has 0 saturated heterocycles. The number of hydrogen-bond acceptors (Lipinski definition) is 6. The normalized spacial score (nSPS) is 10.1. The molecule has 0 fully saturated rings. The van der Waals surface area contributed by atoms with Gasteiger partial charge in [-0.1, -0.05) is 18.2 Å². The molecule has 7 heteroatoms. The van der Waals surface area contributed by atoms with E-state index in [-0.39, 0.29) is 17.2 Å². The highest BCUT2D eigenvalue weighted by atomic mass is 16.5. The molecule has 0 unspecified atom stereocenters. The largest absolute Gasteiger partial charge is 0.503 e. The predicted molar refractivity (Wildman–Crippen MR) is 99.9 cm³/mol. The summed E-state index contributed by atoms with van der Waals surface area (Å²) in [5.41, 5.74) is 0.355. The van der Waals surface area contributed by atoms with Crippen LogP contribution in [-0.4, -0.2) is 30.2 Å². The number of nitrogens with zero attached hydrogens (tertiary/aromatic N) is 1. The summed E-state index contributed by atoms with van der Waals surface area (Å²) in [6.07, 6.45) is 1.31. The number of aromatic nitrogens is 1. The molecule has 0 spiro atoms. The van der Waals surface area contributed by atoms with Crippen LogP contribution in [0.2, 0.25) is 0 Å². The van der Waals surface area contributed by atoms with Gasteiger partial charge in [0, 0.05) is 5.69 Å². The van der Waals surface area contributed by atoms with Gasteiger partial charge in [0.2, 0.25) is 5.75 Å². The fourth-order valence-electron chi connectivity index (χ4n) is 2.40. The number of carbonyl (C=O) groups excluding carboxylic acids is 1. The Balaban J connectivity index is 1.73. The standard InChI is InChI=1S/C20H18N2O5/c1-25-16-12-21-17(18(23)19(16)26-2)20(24)22-13-8-10-15(11-9-13)27-14-6-4-3-5-7-14/h3-12,23H,1-2H3,(H,22,24). The van der Waals surface area contributed by atoms with Gasteiger partial charge in [-0.3, -0.25) is 4.79 Å². The van der Waals surface area contributed by atoms with Crippen molar-refractivity contribution in [1.82, 2.24) is 4.98 Å². The summed E-state index contributed by atoms with van der Waals surface area (Å²) in [4.78, 5) is 16.4. The van der Waals surface area contributed by atoms with E-state index in [9.17, 15) is 9.90 Å². The first kappa shape index (κ1) is 18.1. The SMILES string of the molecule is COc1cnc(C(=O)Nc2ccc(Oc3ccccc3)cc2)c(O)c1OC. The number of amides is 1. The van der Waals surface area contributed by atoms with Crippen molar-refractivity contribution in [2.45, 2.75) is 0 Å². The number of para-hydroxylation sites is 1. The molecule has 1 amide bonds. The van der Waals surface area contributed by atoms with E-state index in [2.05, 4.69) is 10.3 Å². The zero-order chi connectivity index (χ0) is 19.2. The molecule has 2 aromatic carbocycles. The summed E-state index contributed by atoms with van der Waals surface area (Å²) in [5, 5.41) is 12.9. The minimum atomic E-state index is -0.579. The molecule has 138 valence electrons. The average molecular weight is 366 g/mol. The van der Waals surface area contributed by atoms with Gasteiger partial charge in [0.1, 0.15) is 11.5 Å². The lowest BCUT2D eigenvalue weighted by molar-refractivity contribution is 0.101. The fourth-order valence-corrected chi connectivity index (χ4v) is 2.40.